The fraction of sp³-hybridized carbons (Fsp3) is 0.630. The lowest BCUT2D eigenvalue weighted by molar-refractivity contribution is -0.144. The summed E-state index contributed by atoms with van der Waals surface area (Å²) in [4.78, 5) is 136. The van der Waals surface area contributed by atoms with Gasteiger partial charge in [-0.3, -0.25) is 48.1 Å². The zero-order chi connectivity index (χ0) is 56.6. The van der Waals surface area contributed by atoms with Crippen LogP contribution in [0.3, 0.4) is 0 Å². The number of aliphatic imine (C=N–C) groups is 1. The largest absolute Gasteiger partial charge is 0.508 e. The number of phenols is 1. The van der Waals surface area contributed by atoms with Crippen LogP contribution in [0.15, 0.2) is 29.3 Å². The maximum absolute atomic E-state index is 14.2. The van der Waals surface area contributed by atoms with Crippen LogP contribution in [0.1, 0.15) is 70.8 Å². The van der Waals surface area contributed by atoms with Gasteiger partial charge in [0.05, 0.1) is 19.2 Å². The molecule has 19 N–H and O–H groups in total. The third kappa shape index (κ3) is 26.8. The highest BCUT2D eigenvalue weighted by atomic mass is 32.2. The summed E-state index contributed by atoms with van der Waals surface area (Å²) >= 11 is 4.10. The summed E-state index contributed by atoms with van der Waals surface area (Å²) in [5.74, 6) is -8.28. The van der Waals surface area contributed by atoms with Gasteiger partial charge in [-0.05, 0) is 98.2 Å². The predicted molar refractivity (Wildman–Crippen MR) is 288 cm³/mol. The molecule has 9 atom stereocenters. The molecule has 0 radical (unpaired) electrons. The Morgan fingerprint density at radius 1 is 0.613 bits per heavy atom. The van der Waals surface area contributed by atoms with Crippen LogP contribution in [0, 0.1) is 5.92 Å². The van der Waals surface area contributed by atoms with Gasteiger partial charge in [0, 0.05) is 19.4 Å². The standard InChI is InChI=1S/C46H77N13O13S3/c1-6-25(2)37(45(71)72)59-43(69)32(17-21-75-5)57-44(70)34(24-60)53-36(63)23-52-39(65)33(22-26-9-11-27(61)12-10-26)58-42(68)31(16-20-74-4)56-40(66)29(8-7-18-51-46(49)50)55-41(67)30(15-19-73-3)54-38(64)28(47)13-14-35(48)62/h9-12,25,28-34,37,60-61H,6-8,13-24,47H2,1-5H3,(H2,48,62)(H,52,65)(H,53,63)(H,54,64)(H,55,67)(H,56,66)(H,57,70)(H,58,68)(H,59,69)(H,71,72)(H4,49,50,51). The molecule has 26 nitrogen and oxygen atoms in total. The number of carboxylic acid groups (broad SMARTS) is 1. The lowest BCUT2D eigenvalue weighted by Gasteiger charge is -2.27. The van der Waals surface area contributed by atoms with Crippen molar-refractivity contribution in [2.45, 2.75) is 120 Å². The summed E-state index contributed by atoms with van der Waals surface area (Å²) in [5, 5.41) is 49.8. The van der Waals surface area contributed by atoms with E-state index in [-0.39, 0.29) is 69.6 Å². The molecule has 75 heavy (non-hydrogen) atoms. The number of aliphatic carboxylic acids is 1. The first-order valence-electron chi connectivity index (χ1n) is 24.1. The van der Waals surface area contributed by atoms with Crippen LogP contribution in [-0.2, 0) is 54.4 Å². The van der Waals surface area contributed by atoms with Crippen LogP contribution >= 0.6 is 35.3 Å². The van der Waals surface area contributed by atoms with E-state index in [4.69, 9.17) is 22.9 Å². The van der Waals surface area contributed by atoms with Gasteiger partial charge in [0.15, 0.2) is 5.96 Å². The van der Waals surface area contributed by atoms with Crippen LogP contribution in [0.5, 0.6) is 5.75 Å². The molecule has 1 aromatic rings. The number of phenolic OH excluding ortho intramolecular Hbond substituents is 1. The van der Waals surface area contributed by atoms with E-state index >= 15 is 0 Å². The number of aliphatic hydroxyl groups is 1. The van der Waals surface area contributed by atoms with Gasteiger partial charge < -0.3 is 80.8 Å². The second kappa shape index (κ2) is 36.8. The second-order valence-corrected chi connectivity index (χ2v) is 20.3. The van der Waals surface area contributed by atoms with E-state index in [1.54, 1.807) is 32.6 Å². The van der Waals surface area contributed by atoms with Gasteiger partial charge in [0.25, 0.3) is 0 Å². The molecule has 0 heterocycles. The summed E-state index contributed by atoms with van der Waals surface area (Å²) in [6.45, 7) is 1.76. The Balaban J connectivity index is 3.39. The van der Waals surface area contributed by atoms with Crippen LogP contribution < -0.4 is 65.5 Å². The predicted octanol–water partition coefficient (Wildman–Crippen LogP) is -3.53. The van der Waals surface area contributed by atoms with Crippen LogP contribution in [0.25, 0.3) is 0 Å². The molecular weight excluding hydrogens is 1040 g/mol. The summed E-state index contributed by atoms with van der Waals surface area (Å²) in [6, 6.07) is -4.80. The van der Waals surface area contributed by atoms with E-state index < -0.39 is 127 Å². The van der Waals surface area contributed by atoms with Crippen molar-refractivity contribution in [2.24, 2.45) is 33.8 Å². The van der Waals surface area contributed by atoms with Gasteiger partial charge in [-0.2, -0.15) is 35.3 Å². The molecular formula is C46H77N13O13S3. The summed E-state index contributed by atoms with van der Waals surface area (Å²) in [5.41, 5.74) is 22.6. The molecule has 1 aromatic carbocycles. The fourth-order valence-electron chi connectivity index (χ4n) is 6.83. The number of nitrogens with zero attached hydrogens (tertiary/aromatic N) is 1. The number of benzene rings is 1. The molecule has 0 bridgehead atoms. The molecule has 9 amide bonds. The smallest absolute Gasteiger partial charge is 0.326 e. The molecule has 0 aliphatic rings. The van der Waals surface area contributed by atoms with Crippen LogP contribution in [0.4, 0.5) is 0 Å². The molecule has 1 rings (SSSR count). The number of nitrogens with one attached hydrogen (secondary N) is 8. The Kier molecular flexibility index (Phi) is 32.9. The molecule has 9 unspecified atom stereocenters. The van der Waals surface area contributed by atoms with Crippen molar-refractivity contribution >= 4 is 100 Å². The first-order valence-corrected chi connectivity index (χ1v) is 28.3. The Labute approximate surface area is 449 Å². The first kappa shape index (κ1) is 67.0. The highest BCUT2D eigenvalue weighted by molar-refractivity contribution is 7.98. The number of carboxylic acids is 1. The van der Waals surface area contributed by atoms with Crippen LogP contribution in [0.2, 0.25) is 0 Å². The first-order chi connectivity index (χ1) is 35.5. The van der Waals surface area contributed by atoms with Crippen molar-refractivity contribution in [3.05, 3.63) is 29.8 Å². The monoisotopic (exact) mass is 1120 g/mol. The number of rotatable bonds is 38. The van der Waals surface area contributed by atoms with Crippen molar-refractivity contribution in [2.75, 3.05) is 55.7 Å². The van der Waals surface area contributed by atoms with E-state index in [0.717, 1.165) is 0 Å². The molecule has 0 saturated carbocycles. The highest BCUT2D eigenvalue weighted by Crippen LogP contribution is 2.14. The van der Waals surface area contributed by atoms with Crippen molar-refractivity contribution < 1.29 is 63.3 Å². The Morgan fingerprint density at radius 2 is 1.07 bits per heavy atom. The zero-order valence-corrected chi connectivity index (χ0v) is 45.5. The number of thioether (sulfide) groups is 3. The Bertz CT molecular complexity index is 2070. The minimum atomic E-state index is -1.62. The van der Waals surface area contributed by atoms with Crippen molar-refractivity contribution in [1.82, 2.24) is 42.5 Å². The van der Waals surface area contributed by atoms with E-state index in [1.807, 2.05) is 0 Å². The van der Waals surface area contributed by atoms with Gasteiger partial charge in [-0.25, -0.2) is 4.79 Å². The quantitative estimate of drug-likeness (QED) is 0.0173. The lowest BCUT2D eigenvalue weighted by Crippen LogP contribution is -2.59. The average Bonchev–Trinajstić information content (AvgIpc) is 3.37. The van der Waals surface area contributed by atoms with Crippen molar-refractivity contribution in [3.63, 3.8) is 0 Å². The third-order valence-electron chi connectivity index (χ3n) is 11.4. The van der Waals surface area contributed by atoms with E-state index in [0.29, 0.717) is 29.2 Å². The summed E-state index contributed by atoms with van der Waals surface area (Å²) < 4.78 is 0. The molecule has 0 aliphatic heterocycles. The number of nitrogens with two attached hydrogens (primary N) is 4. The number of aliphatic hydroxyl groups excluding tert-OH is 1. The molecule has 422 valence electrons. The number of hydrogen-bond acceptors (Lipinski definition) is 17. The highest BCUT2D eigenvalue weighted by Gasteiger charge is 2.34. The number of primary amides is 1. The number of carbonyl (C=O) groups excluding carboxylic acids is 9. The maximum atomic E-state index is 14.2. The van der Waals surface area contributed by atoms with Crippen molar-refractivity contribution in [1.29, 1.82) is 0 Å². The number of guanidine groups is 1. The topological polar surface area (TPSA) is 444 Å². The van der Waals surface area contributed by atoms with Crippen molar-refractivity contribution in [3.8, 4) is 5.75 Å². The minimum Gasteiger partial charge on any atom is -0.508 e. The SMILES string of the molecule is CCC(C)C(NC(=O)C(CCSC)NC(=O)C(CO)NC(=O)CNC(=O)C(Cc1ccc(O)cc1)NC(=O)C(CCSC)NC(=O)C(CCCN=C(N)N)NC(=O)C(CCSC)NC(=O)C(N)CCC(N)=O)C(=O)O. The van der Waals surface area contributed by atoms with E-state index in [2.05, 4.69) is 47.5 Å². The number of amides is 9. The molecule has 29 heteroatoms. The Hall–Kier alpha value is -6.04. The van der Waals surface area contributed by atoms with Gasteiger partial charge in [-0.1, -0.05) is 32.4 Å². The lowest BCUT2D eigenvalue weighted by atomic mass is 9.98. The molecule has 0 aliphatic carbocycles. The number of aromatic hydroxyl groups is 1. The van der Waals surface area contributed by atoms with Gasteiger partial charge >= 0.3 is 5.97 Å². The summed E-state index contributed by atoms with van der Waals surface area (Å²) in [7, 11) is 0. The molecule has 0 spiro atoms. The van der Waals surface area contributed by atoms with Gasteiger partial charge in [-0.15, -0.1) is 0 Å². The van der Waals surface area contributed by atoms with Crippen LogP contribution in [-0.4, -0.2) is 184 Å². The average molecular weight is 1120 g/mol. The molecule has 0 fully saturated rings. The molecule has 0 saturated heterocycles. The van der Waals surface area contributed by atoms with E-state index in [1.165, 1.54) is 59.6 Å². The Morgan fingerprint density at radius 3 is 1.51 bits per heavy atom. The maximum Gasteiger partial charge on any atom is 0.326 e. The summed E-state index contributed by atoms with van der Waals surface area (Å²) in [6.07, 6.45) is 5.68. The van der Waals surface area contributed by atoms with Gasteiger partial charge in [0.1, 0.15) is 48.0 Å². The normalized spacial score (nSPS) is 14.5. The fourth-order valence-corrected chi connectivity index (χ4v) is 8.24. The molecule has 0 aromatic heterocycles. The number of carbonyl (C=O) groups is 10. The van der Waals surface area contributed by atoms with E-state index in [9.17, 15) is 63.3 Å². The third-order valence-corrected chi connectivity index (χ3v) is 13.3. The zero-order valence-electron chi connectivity index (χ0n) is 43.0. The van der Waals surface area contributed by atoms with Gasteiger partial charge in [0.2, 0.25) is 53.2 Å². The second-order valence-electron chi connectivity index (χ2n) is 17.3. The minimum absolute atomic E-state index is 0.0291. The number of hydrogen-bond donors (Lipinski definition) is 15.